The monoisotopic (exact) mass is 278 g/mol. The molecule has 2 unspecified atom stereocenters. The lowest BCUT2D eigenvalue weighted by molar-refractivity contribution is -0.141. The van der Waals surface area contributed by atoms with Gasteiger partial charge in [-0.05, 0) is 32.3 Å². The lowest BCUT2D eigenvalue weighted by atomic mass is 10.0. The predicted octanol–water partition coefficient (Wildman–Crippen LogP) is 1.31. The van der Waals surface area contributed by atoms with Crippen LogP contribution in [-0.4, -0.2) is 21.6 Å². The van der Waals surface area contributed by atoms with Crippen molar-refractivity contribution < 1.29 is 14.7 Å². The molecule has 0 saturated heterocycles. The van der Waals surface area contributed by atoms with Gasteiger partial charge in [0.1, 0.15) is 0 Å². The van der Waals surface area contributed by atoms with E-state index in [0.717, 1.165) is 0 Å². The fraction of sp³-hybridized carbons (Fsp3) is 0.500. The number of hydrogen-bond donors (Lipinski definition) is 2. The van der Waals surface area contributed by atoms with Gasteiger partial charge in [-0.2, -0.15) is 0 Å². The van der Waals surface area contributed by atoms with Gasteiger partial charge in [0.2, 0.25) is 5.91 Å². The first-order valence-corrected chi connectivity index (χ1v) is 6.75. The van der Waals surface area contributed by atoms with Crippen molar-refractivity contribution in [1.29, 1.82) is 0 Å². The molecule has 0 bridgehead atoms. The van der Waals surface area contributed by atoms with Crippen molar-refractivity contribution in [3.05, 3.63) is 28.7 Å². The second-order valence-electron chi connectivity index (χ2n) is 5.08. The Balaban J connectivity index is 2.02. The maximum absolute atomic E-state index is 12.1. The first kappa shape index (κ1) is 14.3. The average Bonchev–Trinajstić information content (AvgIpc) is 2.91. The van der Waals surface area contributed by atoms with Crippen LogP contribution in [0.5, 0.6) is 0 Å². The summed E-state index contributed by atoms with van der Waals surface area (Å²) in [6.07, 6.45) is 3.12. The van der Waals surface area contributed by atoms with Crippen molar-refractivity contribution in [3.8, 4) is 0 Å². The van der Waals surface area contributed by atoms with Gasteiger partial charge in [0.15, 0.2) is 0 Å². The number of anilines is 1. The summed E-state index contributed by atoms with van der Waals surface area (Å²) in [6, 6.07) is 2.98. The lowest BCUT2D eigenvalue weighted by Gasteiger charge is -2.12. The van der Waals surface area contributed by atoms with Gasteiger partial charge >= 0.3 is 5.97 Å². The van der Waals surface area contributed by atoms with Crippen LogP contribution >= 0.6 is 0 Å². The molecule has 0 aromatic carbocycles. The first-order chi connectivity index (χ1) is 9.51. The van der Waals surface area contributed by atoms with Crippen LogP contribution < -0.4 is 10.9 Å². The number of aryl methyl sites for hydroxylation is 1. The van der Waals surface area contributed by atoms with Crippen molar-refractivity contribution in [2.75, 3.05) is 5.32 Å². The SMILES string of the molecule is CCn1cc(NC(=O)C2CCC(C(=O)O)C2)ccc1=O. The lowest BCUT2D eigenvalue weighted by Crippen LogP contribution is -2.24. The molecule has 0 spiro atoms. The molecule has 6 nitrogen and oxygen atoms in total. The zero-order chi connectivity index (χ0) is 14.7. The third-order valence-corrected chi connectivity index (χ3v) is 3.74. The van der Waals surface area contributed by atoms with E-state index < -0.39 is 11.9 Å². The summed E-state index contributed by atoms with van der Waals surface area (Å²) < 4.78 is 1.50. The number of hydrogen-bond acceptors (Lipinski definition) is 3. The minimum Gasteiger partial charge on any atom is -0.481 e. The summed E-state index contributed by atoms with van der Waals surface area (Å²) in [5.41, 5.74) is 0.451. The highest BCUT2D eigenvalue weighted by Gasteiger charge is 2.33. The van der Waals surface area contributed by atoms with Gasteiger partial charge in [-0.3, -0.25) is 14.4 Å². The minimum atomic E-state index is -0.833. The van der Waals surface area contributed by atoms with E-state index in [9.17, 15) is 14.4 Å². The molecule has 1 amide bonds. The summed E-state index contributed by atoms with van der Waals surface area (Å²) >= 11 is 0. The molecule has 0 radical (unpaired) electrons. The highest BCUT2D eigenvalue weighted by atomic mass is 16.4. The number of aromatic nitrogens is 1. The Morgan fingerprint density at radius 3 is 2.65 bits per heavy atom. The summed E-state index contributed by atoms with van der Waals surface area (Å²) in [5, 5.41) is 11.7. The van der Waals surface area contributed by atoms with E-state index >= 15 is 0 Å². The third kappa shape index (κ3) is 3.07. The molecule has 1 heterocycles. The Kier molecular flexibility index (Phi) is 4.22. The second-order valence-corrected chi connectivity index (χ2v) is 5.08. The molecule has 1 aromatic rings. The van der Waals surface area contributed by atoms with E-state index in [1.807, 2.05) is 6.92 Å². The Bertz CT molecular complexity index is 579. The Labute approximate surface area is 116 Å². The number of rotatable bonds is 4. The van der Waals surface area contributed by atoms with Gasteiger partial charge in [-0.15, -0.1) is 0 Å². The normalized spacial score (nSPS) is 21.6. The quantitative estimate of drug-likeness (QED) is 0.869. The van der Waals surface area contributed by atoms with Gasteiger partial charge < -0.3 is 15.0 Å². The van der Waals surface area contributed by atoms with E-state index in [4.69, 9.17) is 5.11 Å². The summed E-state index contributed by atoms with van der Waals surface area (Å²) in [5.74, 6) is -1.69. The van der Waals surface area contributed by atoms with Crippen molar-refractivity contribution >= 4 is 17.6 Å². The van der Waals surface area contributed by atoms with Crippen molar-refractivity contribution in [2.24, 2.45) is 11.8 Å². The number of pyridine rings is 1. The number of nitrogens with zero attached hydrogens (tertiary/aromatic N) is 1. The molecule has 2 atom stereocenters. The molecule has 1 aliphatic rings. The van der Waals surface area contributed by atoms with Crippen LogP contribution in [0.1, 0.15) is 26.2 Å². The smallest absolute Gasteiger partial charge is 0.306 e. The number of carbonyl (C=O) groups is 2. The third-order valence-electron chi connectivity index (χ3n) is 3.74. The van der Waals surface area contributed by atoms with Gasteiger partial charge in [-0.1, -0.05) is 0 Å². The average molecular weight is 278 g/mol. The molecule has 0 aliphatic heterocycles. The Morgan fingerprint density at radius 1 is 1.35 bits per heavy atom. The van der Waals surface area contributed by atoms with Crippen LogP contribution in [0.25, 0.3) is 0 Å². The first-order valence-electron chi connectivity index (χ1n) is 6.75. The zero-order valence-corrected chi connectivity index (χ0v) is 11.3. The molecule has 20 heavy (non-hydrogen) atoms. The van der Waals surface area contributed by atoms with Gasteiger partial charge in [-0.25, -0.2) is 0 Å². The highest BCUT2D eigenvalue weighted by molar-refractivity contribution is 5.93. The maximum atomic E-state index is 12.1. The topological polar surface area (TPSA) is 88.4 Å². The van der Waals surface area contributed by atoms with Crippen LogP contribution in [0.2, 0.25) is 0 Å². The molecular formula is C14H18N2O4. The Hall–Kier alpha value is -2.11. The molecule has 2 rings (SSSR count). The molecule has 2 N–H and O–H groups in total. The summed E-state index contributed by atoms with van der Waals surface area (Å²) in [6.45, 7) is 2.38. The van der Waals surface area contributed by atoms with Crippen LogP contribution in [0.3, 0.4) is 0 Å². The van der Waals surface area contributed by atoms with Crippen molar-refractivity contribution in [1.82, 2.24) is 4.57 Å². The van der Waals surface area contributed by atoms with Gasteiger partial charge in [0.05, 0.1) is 11.6 Å². The van der Waals surface area contributed by atoms with Gasteiger partial charge in [0.25, 0.3) is 5.56 Å². The standard InChI is InChI=1S/C14H18N2O4/c1-2-16-8-11(5-6-12(16)17)15-13(18)9-3-4-10(7-9)14(19)20/h5-6,8-10H,2-4,7H2,1H3,(H,15,18)(H,19,20). The molecule has 108 valence electrons. The van der Waals surface area contributed by atoms with E-state index in [-0.39, 0.29) is 17.4 Å². The fourth-order valence-corrected chi connectivity index (χ4v) is 2.54. The molecule has 6 heteroatoms. The highest BCUT2D eigenvalue weighted by Crippen LogP contribution is 2.31. The molecule has 1 aromatic heterocycles. The zero-order valence-electron chi connectivity index (χ0n) is 11.3. The van der Waals surface area contributed by atoms with Crippen molar-refractivity contribution in [2.45, 2.75) is 32.7 Å². The van der Waals surface area contributed by atoms with Crippen LogP contribution in [0.15, 0.2) is 23.1 Å². The number of aliphatic carboxylic acids is 1. The van der Waals surface area contributed by atoms with E-state index in [1.54, 1.807) is 12.3 Å². The molecular weight excluding hydrogens is 260 g/mol. The number of carboxylic acids is 1. The van der Waals surface area contributed by atoms with Crippen molar-refractivity contribution in [3.63, 3.8) is 0 Å². The summed E-state index contributed by atoms with van der Waals surface area (Å²) in [4.78, 5) is 34.4. The second kappa shape index (κ2) is 5.90. The fourth-order valence-electron chi connectivity index (χ4n) is 2.54. The molecule has 1 saturated carbocycles. The molecule has 1 aliphatic carbocycles. The van der Waals surface area contributed by atoms with Crippen LogP contribution in [-0.2, 0) is 16.1 Å². The number of nitrogens with one attached hydrogen (secondary N) is 1. The van der Waals surface area contributed by atoms with E-state index in [1.165, 1.54) is 10.6 Å². The largest absolute Gasteiger partial charge is 0.481 e. The number of carbonyl (C=O) groups excluding carboxylic acids is 1. The minimum absolute atomic E-state index is 0.114. The Morgan fingerprint density at radius 2 is 2.05 bits per heavy atom. The number of carboxylic acid groups (broad SMARTS) is 1. The van der Waals surface area contributed by atoms with E-state index in [2.05, 4.69) is 5.32 Å². The summed E-state index contributed by atoms with van der Waals surface area (Å²) in [7, 11) is 0. The van der Waals surface area contributed by atoms with Crippen LogP contribution in [0, 0.1) is 11.8 Å². The van der Waals surface area contributed by atoms with Crippen LogP contribution in [0.4, 0.5) is 5.69 Å². The number of amides is 1. The molecule has 1 fully saturated rings. The predicted molar refractivity (Wildman–Crippen MR) is 73.5 cm³/mol. The maximum Gasteiger partial charge on any atom is 0.306 e. The van der Waals surface area contributed by atoms with Gasteiger partial charge in [0, 0.05) is 24.7 Å². The van der Waals surface area contributed by atoms with E-state index in [0.29, 0.717) is 31.5 Å².